The van der Waals surface area contributed by atoms with Crippen molar-refractivity contribution in [3.63, 3.8) is 0 Å². The molecule has 108 valence electrons. The first-order valence-corrected chi connectivity index (χ1v) is 6.91. The summed E-state index contributed by atoms with van der Waals surface area (Å²) in [7, 11) is 1.71. The van der Waals surface area contributed by atoms with E-state index < -0.39 is 11.7 Å². The highest BCUT2D eigenvalue weighted by Crippen LogP contribution is 2.32. The molecule has 4 heteroatoms. The van der Waals surface area contributed by atoms with Crippen molar-refractivity contribution in [2.75, 3.05) is 26.9 Å². The van der Waals surface area contributed by atoms with E-state index in [2.05, 4.69) is 0 Å². The fourth-order valence-corrected chi connectivity index (χ4v) is 2.43. The molecule has 0 saturated carbocycles. The van der Waals surface area contributed by atoms with Gasteiger partial charge in [0, 0.05) is 39.8 Å². The Kier molecular flexibility index (Phi) is 6.05. The Morgan fingerprint density at radius 1 is 1.33 bits per heavy atom. The lowest BCUT2D eigenvalue weighted by Crippen LogP contribution is -2.49. The number of aliphatic hydroxyl groups is 1. The van der Waals surface area contributed by atoms with E-state index in [4.69, 9.17) is 14.2 Å². The van der Waals surface area contributed by atoms with Crippen molar-refractivity contribution in [3.05, 3.63) is 0 Å². The average molecular weight is 260 g/mol. The number of ether oxygens (including phenoxy) is 3. The maximum absolute atomic E-state index is 10.5. The summed E-state index contributed by atoms with van der Waals surface area (Å²) in [6, 6.07) is 0. The van der Waals surface area contributed by atoms with Crippen LogP contribution in [0.15, 0.2) is 0 Å². The molecule has 1 heterocycles. The fourth-order valence-electron chi connectivity index (χ4n) is 2.43. The van der Waals surface area contributed by atoms with E-state index in [1.54, 1.807) is 7.11 Å². The molecule has 0 aliphatic carbocycles. The van der Waals surface area contributed by atoms with Gasteiger partial charge in [-0.15, -0.1) is 0 Å². The van der Waals surface area contributed by atoms with E-state index in [-0.39, 0.29) is 5.60 Å². The summed E-state index contributed by atoms with van der Waals surface area (Å²) < 4.78 is 16.6. The first-order valence-electron chi connectivity index (χ1n) is 6.91. The van der Waals surface area contributed by atoms with Crippen LogP contribution >= 0.6 is 0 Å². The lowest BCUT2D eigenvalue weighted by Gasteiger charge is -2.41. The summed E-state index contributed by atoms with van der Waals surface area (Å²) in [4.78, 5) is 0. The molecule has 1 N–H and O–H groups in total. The van der Waals surface area contributed by atoms with E-state index in [0.717, 1.165) is 19.3 Å². The highest BCUT2D eigenvalue weighted by atomic mass is 16.5. The molecule has 1 rings (SSSR count). The molecule has 0 aromatic rings. The van der Waals surface area contributed by atoms with Crippen molar-refractivity contribution in [3.8, 4) is 0 Å². The first-order chi connectivity index (χ1) is 8.46. The second-order valence-corrected chi connectivity index (χ2v) is 5.63. The van der Waals surface area contributed by atoms with Gasteiger partial charge >= 0.3 is 0 Å². The minimum atomic E-state index is -0.448. The quantitative estimate of drug-likeness (QED) is 0.762. The molecule has 1 unspecified atom stereocenters. The first kappa shape index (κ1) is 15.9. The summed E-state index contributed by atoms with van der Waals surface area (Å²) in [6.45, 7) is 8.03. The number of aliphatic hydroxyl groups excluding tert-OH is 1. The topological polar surface area (TPSA) is 47.9 Å². The second kappa shape index (κ2) is 6.85. The van der Waals surface area contributed by atoms with Crippen molar-refractivity contribution < 1.29 is 19.3 Å². The average Bonchev–Trinajstić information content (AvgIpc) is 2.37. The van der Waals surface area contributed by atoms with Gasteiger partial charge in [-0.05, 0) is 33.6 Å². The molecular formula is C14H28O4. The monoisotopic (exact) mass is 260 g/mol. The lowest BCUT2D eigenvalue weighted by atomic mass is 9.84. The van der Waals surface area contributed by atoms with Crippen LogP contribution in [0.4, 0.5) is 0 Å². The standard InChI is InChI=1S/C14H28O4/c1-5-18-14(8-10-17-11-9-14)12(15)6-7-13(2,3)16-4/h12,15H,5-11H2,1-4H3. The van der Waals surface area contributed by atoms with E-state index in [0.29, 0.717) is 26.2 Å². The molecule has 1 fully saturated rings. The summed E-state index contributed by atoms with van der Waals surface area (Å²) in [6.07, 6.45) is 2.61. The summed E-state index contributed by atoms with van der Waals surface area (Å²) >= 11 is 0. The van der Waals surface area contributed by atoms with Crippen molar-refractivity contribution >= 4 is 0 Å². The Morgan fingerprint density at radius 3 is 2.44 bits per heavy atom. The Balaban J connectivity index is 2.56. The van der Waals surface area contributed by atoms with E-state index >= 15 is 0 Å². The van der Waals surface area contributed by atoms with Crippen LogP contribution in [0.25, 0.3) is 0 Å². The summed E-state index contributed by atoms with van der Waals surface area (Å²) in [5.41, 5.74) is -0.615. The molecule has 0 spiro atoms. The van der Waals surface area contributed by atoms with E-state index in [1.807, 2.05) is 20.8 Å². The molecule has 0 aromatic carbocycles. The molecule has 1 aliphatic rings. The number of rotatable bonds is 7. The van der Waals surface area contributed by atoms with Gasteiger partial charge in [0.05, 0.1) is 17.3 Å². The zero-order valence-corrected chi connectivity index (χ0v) is 12.2. The fraction of sp³-hybridized carbons (Fsp3) is 1.00. The molecule has 1 atom stereocenters. The highest BCUT2D eigenvalue weighted by Gasteiger charge is 2.40. The second-order valence-electron chi connectivity index (χ2n) is 5.63. The Morgan fingerprint density at radius 2 is 1.94 bits per heavy atom. The molecule has 0 amide bonds. The molecule has 4 nitrogen and oxygen atoms in total. The molecule has 18 heavy (non-hydrogen) atoms. The Labute approximate surface area is 111 Å². The predicted molar refractivity (Wildman–Crippen MR) is 70.7 cm³/mol. The molecule has 1 aliphatic heterocycles. The highest BCUT2D eigenvalue weighted by molar-refractivity contribution is 4.91. The van der Waals surface area contributed by atoms with Gasteiger partial charge < -0.3 is 19.3 Å². The van der Waals surface area contributed by atoms with Gasteiger partial charge in [-0.3, -0.25) is 0 Å². The normalized spacial score (nSPS) is 21.8. The van der Waals surface area contributed by atoms with Crippen LogP contribution in [-0.2, 0) is 14.2 Å². The SMILES string of the molecule is CCOC1(C(O)CCC(C)(C)OC)CCOCC1. The van der Waals surface area contributed by atoms with Gasteiger partial charge in [-0.25, -0.2) is 0 Å². The Bertz CT molecular complexity index is 228. The van der Waals surface area contributed by atoms with Gasteiger partial charge in [0.15, 0.2) is 0 Å². The smallest absolute Gasteiger partial charge is 0.0983 e. The minimum Gasteiger partial charge on any atom is -0.390 e. The lowest BCUT2D eigenvalue weighted by molar-refractivity contribution is -0.170. The molecule has 0 bridgehead atoms. The predicted octanol–water partition coefficient (Wildman–Crippen LogP) is 2.14. The van der Waals surface area contributed by atoms with Crippen LogP contribution < -0.4 is 0 Å². The van der Waals surface area contributed by atoms with E-state index in [9.17, 15) is 5.11 Å². The summed E-state index contributed by atoms with van der Waals surface area (Å²) in [5.74, 6) is 0. The maximum atomic E-state index is 10.5. The van der Waals surface area contributed by atoms with Gasteiger partial charge in [0.1, 0.15) is 0 Å². The van der Waals surface area contributed by atoms with Crippen molar-refractivity contribution in [1.29, 1.82) is 0 Å². The molecule has 1 saturated heterocycles. The minimum absolute atomic E-state index is 0.195. The maximum Gasteiger partial charge on any atom is 0.0983 e. The third kappa shape index (κ3) is 4.19. The van der Waals surface area contributed by atoms with E-state index in [1.165, 1.54) is 0 Å². The van der Waals surface area contributed by atoms with Crippen molar-refractivity contribution in [1.82, 2.24) is 0 Å². The summed E-state index contributed by atoms with van der Waals surface area (Å²) in [5, 5.41) is 10.5. The van der Waals surface area contributed by atoms with Crippen molar-refractivity contribution in [2.45, 2.75) is 63.8 Å². The van der Waals surface area contributed by atoms with Crippen LogP contribution in [0.3, 0.4) is 0 Å². The van der Waals surface area contributed by atoms with Crippen LogP contribution in [-0.4, -0.2) is 49.3 Å². The van der Waals surface area contributed by atoms with Crippen molar-refractivity contribution in [2.24, 2.45) is 0 Å². The molecule has 0 aromatic heterocycles. The van der Waals surface area contributed by atoms with Crippen LogP contribution in [0.5, 0.6) is 0 Å². The third-order valence-electron chi connectivity index (χ3n) is 3.95. The van der Waals surface area contributed by atoms with Gasteiger partial charge in [0.2, 0.25) is 0 Å². The largest absolute Gasteiger partial charge is 0.390 e. The van der Waals surface area contributed by atoms with Crippen LogP contribution in [0, 0.1) is 0 Å². The number of hydrogen-bond donors (Lipinski definition) is 1. The number of hydrogen-bond acceptors (Lipinski definition) is 4. The number of methoxy groups -OCH3 is 1. The van der Waals surface area contributed by atoms with Gasteiger partial charge in [0.25, 0.3) is 0 Å². The Hall–Kier alpha value is -0.160. The molecule has 0 radical (unpaired) electrons. The van der Waals surface area contributed by atoms with Gasteiger partial charge in [-0.1, -0.05) is 0 Å². The third-order valence-corrected chi connectivity index (χ3v) is 3.95. The zero-order valence-electron chi connectivity index (χ0n) is 12.2. The zero-order chi connectivity index (χ0) is 13.6. The molecular weight excluding hydrogens is 232 g/mol. The van der Waals surface area contributed by atoms with Crippen LogP contribution in [0.1, 0.15) is 46.5 Å². The van der Waals surface area contributed by atoms with Gasteiger partial charge in [-0.2, -0.15) is 0 Å². The van der Waals surface area contributed by atoms with Crippen LogP contribution in [0.2, 0.25) is 0 Å².